The molecule has 0 saturated carbocycles. The third-order valence-electron chi connectivity index (χ3n) is 3.77. The number of methoxy groups -OCH3 is 1. The number of nitrogens with zero attached hydrogens (tertiary/aromatic N) is 1. The zero-order chi connectivity index (χ0) is 13.4. The van der Waals surface area contributed by atoms with Crippen molar-refractivity contribution in [2.24, 2.45) is 11.7 Å². The number of likely N-dealkylation sites (tertiary alicyclic amines) is 1. The van der Waals surface area contributed by atoms with Crippen LogP contribution in [0.1, 0.15) is 26.2 Å². The number of piperidine rings is 1. The van der Waals surface area contributed by atoms with Crippen LogP contribution in [0.25, 0.3) is 0 Å². The van der Waals surface area contributed by atoms with Crippen LogP contribution in [-0.4, -0.2) is 56.7 Å². The van der Waals surface area contributed by atoms with Gasteiger partial charge in [-0.1, -0.05) is 13.3 Å². The SMILES string of the molecule is CCC1CCN(CC(=O)NCCOC)C(CN)C1. The molecule has 0 spiro atoms. The van der Waals surface area contributed by atoms with E-state index in [1.54, 1.807) is 7.11 Å². The van der Waals surface area contributed by atoms with E-state index in [1.165, 1.54) is 12.8 Å². The molecule has 106 valence electrons. The second-order valence-corrected chi connectivity index (χ2v) is 5.00. The van der Waals surface area contributed by atoms with Gasteiger partial charge in [0.2, 0.25) is 5.91 Å². The number of ether oxygens (including phenoxy) is 1. The van der Waals surface area contributed by atoms with Gasteiger partial charge in [0.25, 0.3) is 0 Å². The molecule has 18 heavy (non-hydrogen) atoms. The van der Waals surface area contributed by atoms with Gasteiger partial charge in [-0.2, -0.15) is 0 Å². The van der Waals surface area contributed by atoms with E-state index < -0.39 is 0 Å². The summed E-state index contributed by atoms with van der Waals surface area (Å²) in [6, 6.07) is 0.358. The first kappa shape index (κ1) is 15.4. The lowest BCUT2D eigenvalue weighted by Crippen LogP contribution is -2.50. The predicted molar refractivity (Wildman–Crippen MR) is 72.3 cm³/mol. The number of hydrogen-bond donors (Lipinski definition) is 2. The lowest BCUT2D eigenvalue weighted by atomic mass is 9.89. The van der Waals surface area contributed by atoms with Crippen molar-refractivity contribution < 1.29 is 9.53 Å². The molecule has 2 atom stereocenters. The molecule has 1 heterocycles. The topological polar surface area (TPSA) is 67.6 Å². The highest BCUT2D eigenvalue weighted by atomic mass is 16.5. The quantitative estimate of drug-likeness (QED) is 0.639. The van der Waals surface area contributed by atoms with E-state index in [0.717, 1.165) is 18.9 Å². The van der Waals surface area contributed by atoms with Crippen molar-refractivity contribution in [3.63, 3.8) is 0 Å². The number of nitrogens with one attached hydrogen (secondary N) is 1. The predicted octanol–water partition coefficient (Wildman–Crippen LogP) is 0.198. The first-order valence-corrected chi connectivity index (χ1v) is 6.91. The number of amides is 1. The zero-order valence-electron chi connectivity index (χ0n) is 11.7. The van der Waals surface area contributed by atoms with Crippen LogP contribution in [0.5, 0.6) is 0 Å². The van der Waals surface area contributed by atoms with Crippen molar-refractivity contribution in [2.45, 2.75) is 32.2 Å². The van der Waals surface area contributed by atoms with Gasteiger partial charge >= 0.3 is 0 Å². The van der Waals surface area contributed by atoms with Gasteiger partial charge in [0.15, 0.2) is 0 Å². The molecule has 0 bridgehead atoms. The molecule has 1 rings (SSSR count). The van der Waals surface area contributed by atoms with E-state index in [9.17, 15) is 4.79 Å². The van der Waals surface area contributed by atoms with Crippen molar-refractivity contribution in [3.05, 3.63) is 0 Å². The average molecular weight is 257 g/mol. The average Bonchev–Trinajstić information content (AvgIpc) is 2.39. The maximum absolute atomic E-state index is 11.7. The molecule has 0 aliphatic carbocycles. The van der Waals surface area contributed by atoms with Crippen LogP contribution in [0.2, 0.25) is 0 Å². The van der Waals surface area contributed by atoms with Gasteiger partial charge in [-0.05, 0) is 25.3 Å². The molecule has 5 nitrogen and oxygen atoms in total. The molecule has 0 radical (unpaired) electrons. The second-order valence-electron chi connectivity index (χ2n) is 5.00. The first-order chi connectivity index (χ1) is 8.71. The Morgan fingerprint density at radius 1 is 1.56 bits per heavy atom. The molecule has 1 fully saturated rings. The molecular formula is C13H27N3O2. The van der Waals surface area contributed by atoms with Gasteiger partial charge in [0.05, 0.1) is 13.2 Å². The van der Waals surface area contributed by atoms with E-state index in [1.807, 2.05) is 0 Å². The monoisotopic (exact) mass is 257 g/mol. The van der Waals surface area contributed by atoms with Gasteiger partial charge in [-0.25, -0.2) is 0 Å². The van der Waals surface area contributed by atoms with Crippen molar-refractivity contribution in [2.75, 3.05) is 39.9 Å². The largest absolute Gasteiger partial charge is 0.383 e. The Kier molecular flexibility index (Phi) is 7.23. The van der Waals surface area contributed by atoms with Crippen molar-refractivity contribution in [3.8, 4) is 0 Å². The highest BCUT2D eigenvalue weighted by molar-refractivity contribution is 5.78. The molecule has 0 aromatic carbocycles. The first-order valence-electron chi connectivity index (χ1n) is 6.91. The van der Waals surface area contributed by atoms with E-state index >= 15 is 0 Å². The van der Waals surface area contributed by atoms with E-state index in [2.05, 4.69) is 17.1 Å². The van der Waals surface area contributed by atoms with Gasteiger partial charge < -0.3 is 15.8 Å². The second kappa shape index (κ2) is 8.45. The summed E-state index contributed by atoms with van der Waals surface area (Å²) in [6.45, 7) is 5.45. The van der Waals surface area contributed by atoms with Gasteiger partial charge in [0, 0.05) is 26.2 Å². The molecule has 2 unspecified atom stereocenters. The molecule has 0 aromatic rings. The summed E-state index contributed by atoms with van der Waals surface area (Å²) in [6.07, 6.45) is 3.51. The molecular weight excluding hydrogens is 230 g/mol. The lowest BCUT2D eigenvalue weighted by molar-refractivity contribution is -0.123. The number of hydrogen-bond acceptors (Lipinski definition) is 4. The standard InChI is InChI=1S/C13H27N3O2/c1-3-11-4-6-16(12(8-11)9-14)10-13(17)15-5-7-18-2/h11-12H,3-10,14H2,1-2H3,(H,15,17). The van der Waals surface area contributed by atoms with Crippen molar-refractivity contribution >= 4 is 5.91 Å². The summed E-state index contributed by atoms with van der Waals surface area (Å²) in [5.41, 5.74) is 5.81. The third kappa shape index (κ3) is 4.92. The molecule has 3 N–H and O–H groups in total. The molecule has 1 aliphatic rings. The normalized spacial score (nSPS) is 25.1. The summed E-state index contributed by atoms with van der Waals surface area (Å²) < 4.78 is 4.90. The fraction of sp³-hybridized carbons (Fsp3) is 0.923. The fourth-order valence-electron chi connectivity index (χ4n) is 2.54. The van der Waals surface area contributed by atoms with Crippen molar-refractivity contribution in [1.82, 2.24) is 10.2 Å². The number of nitrogens with two attached hydrogens (primary N) is 1. The Morgan fingerprint density at radius 2 is 2.33 bits per heavy atom. The van der Waals surface area contributed by atoms with Gasteiger partial charge in [-0.15, -0.1) is 0 Å². The van der Waals surface area contributed by atoms with E-state index in [4.69, 9.17) is 10.5 Å². The maximum atomic E-state index is 11.7. The summed E-state index contributed by atoms with van der Waals surface area (Å²) >= 11 is 0. The Labute approximate surface area is 110 Å². The van der Waals surface area contributed by atoms with Crippen LogP contribution >= 0.6 is 0 Å². The van der Waals surface area contributed by atoms with E-state index in [0.29, 0.717) is 32.3 Å². The van der Waals surface area contributed by atoms with Crippen LogP contribution in [-0.2, 0) is 9.53 Å². The van der Waals surface area contributed by atoms with Crippen LogP contribution in [0.3, 0.4) is 0 Å². The van der Waals surface area contributed by atoms with Crippen LogP contribution in [0.4, 0.5) is 0 Å². The smallest absolute Gasteiger partial charge is 0.234 e. The van der Waals surface area contributed by atoms with Gasteiger partial charge in [-0.3, -0.25) is 9.69 Å². The van der Waals surface area contributed by atoms with Crippen LogP contribution < -0.4 is 11.1 Å². The third-order valence-corrected chi connectivity index (χ3v) is 3.77. The highest BCUT2D eigenvalue weighted by Gasteiger charge is 2.27. The Hall–Kier alpha value is -0.650. The summed E-state index contributed by atoms with van der Waals surface area (Å²) in [5.74, 6) is 0.840. The minimum absolute atomic E-state index is 0.0699. The number of carbonyl (C=O) groups excluding carboxylic acids is 1. The minimum atomic E-state index is 0.0699. The number of rotatable bonds is 7. The molecule has 1 aliphatic heterocycles. The maximum Gasteiger partial charge on any atom is 0.234 e. The van der Waals surface area contributed by atoms with Crippen LogP contribution in [0, 0.1) is 5.92 Å². The minimum Gasteiger partial charge on any atom is -0.383 e. The zero-order valence-corrected chi connectivity index (χ0v) is 11.7. The van der Waals surface area contributed by atoms with E-state index in [-0.39, 0.29) is 5.91 Å². The lowest BCUT2D eigenvalue weighted by Gasteiger charge is -2.38. The number of carbonyl (C=O) groups is 1. The fourth-order valence-corrected chi connectivity index (χ4v) is 2.54. The van der Waals surface area contributed by atoms with Crippen molar-refractivity contribution in [1.29, 1.82) is 0 Å². The Balaban J connectivity index is 2.33. The Bertz CT molecular complexity index is 248. The molecule has 1 saturated heterocycles. The van der Waals surface area contributed by atoms with Gasteiger partial charge in [0.1, 0.15) is 0 Å². The summed E-state index contributed by atoms with van der Waals surface area (Å²) in [7, 11) is 1.63. The Morgan fingerprint density at radius 3 is 2.94 bits per heavy atom. The summed E-state index contributed by atoms with van der Waals surface area (Å²) in [5, 5.41) is 2.85. The highest BCUT2D eigenvalue weighted by Crippen LogP contribution is 2.24. The molecule has 5 heteroatoms. The summed E-state index contributed by atoms with van der Waals surface area (Å²) in [4.78, 5) is 14.0. The molecule has 0 aromatic heterocycles. The van der Waals surface area contributed by atoms with Crippen LogP contribution in [0.15, 0.2) is 0 Å². The molecule has 1 amide bonds.